The molecule has 8 heteroatoms. The summed E-state index contributed by atoms with van der Waals surface area (Å²) in [5.74, 6) is 0. The van der Waals surface area contributed by atoms with Crippen LogP contribution in [0, 0.1) is 6.92 Å². The van der Waals surface area contributed by atoms with E-state index < -0.39 is 11.7 Å². The molecule has 4 rings (SSSR count). The van der Waals surface area contributed by atoms with Gasteiger partial charge in [0.15, 0.2) is 0 Å². The number of H-pyrrole nitrogens is 1. The number of aromatic amines is 1. The maximum atomic E-state index is 12.4. The fraction of sp³-hybridized carbons (Fsp3) is 0.280. The van der Waals surface area contributed by atoms with E-state index in [0.717, 1.165) is 22.4 Å². The maximum Gasteiger partial charge on any atom is 0.407 e. The third-order valence-electron chi connectivity index (χ3n) is 5.24. The number of aryl methyl sites for hydroxylation is 2. The molecule has 8 nitrogen and oxygen atoms in total. The molecule has 2 N–H and O–H groups in total. The summed E-state index contributed by atoms with van der Waals surface area (Å²) in [5.41, 5.74) is 4.68. The van der Waals surface area contributed by atoms with E-state index in [1.807, 2.05) is 30.1 Å². The number of nitrogens with one attached hydrogen (secondary N) is 2. The van der Waals surface area contributed by atoms with Crippen LogP contribution in [0.2, 0.25) is 0 Å². The van der Waals surface area contributed by atoms with Gasteiger partial charge >= 0.3 is 6.09 Å². The number of fused-ring (bicyclic) bond motifs is 1. The molecule has 0 saturated carbocycles. The van der Waals surface area contributed by atoms with Gasteiger partial charge in [-0.25, -0.2) is 9.89 Å². The number of hydrogen-bond donors (Lipinski definition) is 2. The lowest BCUT2D eigenvalue weighted by molar-refractivity contribution is 0.0523. The highest BCUT2D eigenvalue weighted by Crippen LogP contribution is 2.33. The lowest BCUT2D eigenvalue weighted by Crippen LogP contribution is -2.32. The van der Waals surface area contributed by atoms with Crippen molar-refractivity contribution in [2.24, 2.45) is 7.05 Å². The molecule has 0 atom stereocenters. The first kappa shape index (κ1) is 22.3. The molecule has 0 aliphatic carbocycles. The molecule has 0 unspecified atom stereocenters. The predicted octanol–water partition coefficient (Wildman–Crippen LogP) is 4.32. The molecule has 4 aromatic rings. The van der Waals surface area contributed by atoms with Crippen LogP contribution in [0.25, 0.3) is 33.2 Å². The fourth-order valence-corrected chi connectivity index (χ4v) is 3.69. The minimum absolute atomic E-state index is 0.115. The molecule has 0 radical (unpaired) electrons. The molecule has 0 aliphatic rings. The second kappa shape index (κ2) is 8.54. The average Bonchev–Trinajstić information content (AvgIpc) is 3.14. The Balaban J connectivity index is 1.74. The van der Waals surface area contributed by atoms with Crippen molar-refractivity contribution in [1.82, 2.24) is 25.3 Å². The summed E-state index contributed by atoms with van der Waals surface area (Å²) in [6.07, 6.45) is 1.27. The van der Waals surface area contributed by atoms with Crippen LogP contribution in [0.4, 0.5) is 4.79 Å². The van der Waals surface area contributed by atoms with E-state index >= 15 is 0 Å². The topological polar surface area (TPSA) is 102 Å². The standard InChI is InChI=1S/C25H27N5O3/c1-15-6-8-16(9-7-15)22-20(13-27-30(22)5)17-10-11-18-19(12-17)21(28-29-23(18)31)14-26-24(32)33-25(2,3)4/h6-13H,14H2,1-5H3,(H,26,32)(H,29,31). The number of benzene rings is 2. The third-order valence-corrected chi connectivity index (χ3v) is 5.24. The Labute approximate surface area is 191 Å². The van der Waals surface area contributed by atoms with Gasteiger partial charge in [-0.1, -0.05) is 35.9 Å². The van der Waals surface area contributed by atoms with Crippen LogP contribution in [-0.2, 0) is 18.3 Å². The van der Waals surface area contributed by atoms with Crippen molar-refractivity contribution >= 4 is 16.9 Å². The van der Waals surface area contributed by atoms with Crippen LogP contribution in [0.5, 0.6) is 0 Å². The smallest absolute Gasteiger partial charge is 0.407 e. The van der Waals surface area contributed by atoms with E-state index in [4.69, 9.17) is 4.74 Å². The lowest BCUT2D eigenvalue weighted by Gasteiger charge is -2.19. The van der Waals surface area contributed by atoms with Crippen LogP contribution in [0.3, 0.4) is 0 Å². The summed E-state index contributed by atoms with van der Waals surface area (Å²) in [5, 5.41) is 15.0. The molecule has 2 aromatic heterocycles. The largest absolute Gasteiger partial charge is 0.444 e. The Hall–Kier alpha value is -3.94. The van der Waals surface area contributed by atoms with Gasteiger partial charge in [0.05, 0.1) is 29.5 Å². The molecule has 0 bridgehead atoms. The quantitative estimate of drug-likeness (QED) is 0.487. The van der Waals surface area contributed by atoms with E-state index in [2.05, 4.69) is 51.8 Å². The van der Waals surface area contributed by atoms with Gasteiger partial charge in [0, 0.05) is 23.6 Å². The summed E-state index contributed by atoms with van der Waals surface area (Å²) >= 11 is 0. The lowest BCUT2D eigenvalue weighted by atomic mass is 9.98. The van der Waals surface area contributed by atoms with Gasteiger partial charge < -0.3 is 10.1 Å². The van der Waals surface area contributed by atoms with Crippen molar-refractivity contribution in [1.29, 1.82) is 0 Å². The number of carbonyl (C=O) groups is 1. The SMILES string of the molecule is Cc1ccc(-c2c(-c3ccc4c(=O)[nH]nc(CNC(=O)OC(C)(C)C)c4c3)cnn2C)cc1. The molecule has 1 amide bonds. The minimum atomic E-state index is -0.607. The molecule has 0 fully saturated rings. The molecule has 2 aromatic carbocycles. The highest BCUT2D eigenvalue weighted by Gasteiger charge is 2.18. The Bertz CT molecular complexity index is 1380. The second-order valence-electron chi connectivity index (χ2n) is 9.01. The number of nitrogens with zero attached hydrogens (tertiary/aromatic N) is 3. The average molecular weight is 446 g/mol. The zero-order valence-electron chi connectivity index (χ0n) is 19.4. The van der Waals surface area contributed by atoms with Crippen LogP contribution in [-0.4, -0.2) is 31.7 Å². The van der Waals surface area contributed by atoms with E-state index in [9.17, 15) is 9.59 Å². The number of alkyl carbamates (subject to hydrolysis) is 1. The second-order valence-corrected chi connectivity index (χ2v) is 9.01. The number of hydrogen-bond acceptors (Lipinski definition) is 5. The number of ether oxygens (including phenoxy) is 1. The molecule has 0 aliphatic heterocycles. The Morgan fingerprint density at radius 1 is 1.09 bits per heavy atom. The van der Waals surface area contributed by atoms with Crippen molar-refractivity contribution in [2.75, 3.05) is 0 Å². The molecule has 0 saturated heterocycles. The van der Waals surface area contributed by atoms with Crippen molar-refractivity contribution in [2.45, 2.75) is 39.8 Å². The van der Waals surface area contributed by atoms with Gasteiger partial charge in [-0.3, -0.25) is 9.48 Å². The van der Waals surface area contributed by atoms with Gasteiger partial charge in [0.2, 0.25) is 0 Å². The van der Waals surface area contributed by atoms with Crippen molar-refractivity contribution in [3.63, 3.8) is 0 Å². The summed E-state index contributed by atoms with van der Waals surface area (Å²) in [6, 6.07) is 13.9. The molecule has 170 valence electrons. The number of carbonyl (C=O) groups excluding carboxylic acids is 1. The predicted molar refractivity (Wildman–Crippen MR) is 128 cm³/mol. The Morgan fingerprint density at radius 2 is 1.79 bits per heavy atom. The summed E-state index contributed by atoms with van der Waals surface area (Å²) in [6.45, 7) is 7.56. The Kier molecular flexibility index (Phi) is 5.76. The Morgan fingerprint density at radius 3 is 2.48 bits per heavy atom. The van der Waals surface area contributed by atoms with Crippen molar-refractivity contribution < 1.29 is 9.53 Å². The van der Waals surface area contributed by atoms with Crippen LogP contribution < -0.4 is 10.9 Å². The highest BCUT2D eigenvalue weighted by atomic mass is 16.6. The molecule has 33 heavy (non-hydrogen) atoms. The zero-order chi connectivity index (χ0) is 23.8. The summed E-state index contributed by atoms with van der Waals surface area (Å²) < 4.78 is 7.14. The van der Waals surface area contributed by atoms with Gasteiger partial charge in [-0.15, -0.1) is 0 Å². The van der Waals surface area contributed by atoms with Crippen LogP contribution >= 0.6 is 0 Å². The van der Waals surface area contributed by atoms with E-state index in [1.165, 1.54) is 5.56 Å². The summed E-state index contributed by atoms with van der Waals surface area (Å²) in [4.78, 5) is 24.5. The first-order valence-electron chi connectivity index (χ1n) is 10.7. The number of amides is 1. The minimum Gasteiger partial charge on any atom is -0.444 e. The first-order chi connectivity index (χ1) is 15.6. The summed E-state index contributed by atoms with van der Waals surface area (Å²) in [7, 11) is 1.90. The van der Waals surface area contributed by atoms with E-state index in [1.54, 1.807) is 26.8 Å². The maximum absolute atomic E-state index is 12.4. The normalized spacial score (nSPS) is 11.5. The molecule has 2 heterocycles. The fourth-order valence-electron chi connectivity index (χ4n) is 3.69. The first-order valence-corrected chi connectivity index (χ1v) is 10.7. The van der Waals surface area contributed by atoms with E-state index in [-0.39, 0.29) is 12.1 Å². The number of rotatable bonds is 4. The highest BCUT2D eigenvalue weighted by molar-refractivity contribution is 5.91. The zero-order valence-corrected chi connectivity index (χ0v) is 19.4. The van der Waals surface area contributed by atoms with Crippen molar-refractivity contribution in [3.05, 3.63) is 70.3 Å². The molecular formula is C25H27N5O3. The molecular weight excluding hydrogens is 418 g/mol. The van der Waals surface area contributed by atoms with Gasteiger partial charge in [0.25, 0.3) is 5.56 Å². The molecule has 0 spiro atoms. The number of aromatic nitrogens is 4. The van der Waals surface area contributed by atoms with Gasteiger partial charge in [-0.2, -0.15) is 10.2 Å². The van der Waals surface area contributed by atoms with E-state index in [0.29, 0.717) is 16.5 Å². The van der Waals surface area contributed by atoms with Crippen molar-refractivity contribution in [3.8, 4) is 22.4 Å². The monoisotopic (exact) mass is 445 g/mol. The van der Waals surface area contributed by atoms with Crippen LogP contribution in [0.1, 0.15) is 32.0 Å². The van der Waals surface area contributed by atoms with Gasteiger partial charge in [-0.05, 0) is 45.4 Å². The third kappa shape index (κ3) is 4.79. The van der Waals surface area contributed by atoms with Gasteiger partial charge in [0.1, 0.15) is 5.60 Å². The van der Waals surface area contributed by atoms with Crippen LogP contribution in [0.15, 0.2) is 53.5 Å².